The number of allylic oxidation sites excluding steroid dienone is 1. The second-order valence-electron chi connectivity index (χ2n) is 4.28. The predicted molar refractivity (Wildman–Crippen MR) is 77.1 cm³/mol. The Morgan fingerprint density at radius 3 is 2.71 bits per heavy atom. The van der Waals surface area contributed by atoms with Crippen molar-refractivity contribution in [3.63, 3.8) is 0 Å². The Morgan fingerprint density at radius 1 is 1.29 bits per heavy atom. The first kappa shape index (κ1) is 12.4. The van der Waals surface area contributed by atoms with Gasteiger partial charge in [0, 0.05) is 29.4 Å². The fourth-order valence-corrected chi connectivity index (χ4v) is 1.99. The topological polar surface area (TPSA) is 15.3 Å². The first-order valence-electron chi connectivity index (χ1n) is 5.80. The molecule has 90 valence electrons. The van der Waals surface area contributed by atoms with Crippen molar-refractivity contribution in [3.05, 3.63) is 52.7 Å². The highest BCUT2D eigenvalue weighted by Crippen LogP contribution is 2.15. The van der Waals surface area contributed by atoms with Crippen LogP contribution in [0.25, 0.3) is 0 Å². The summed E-state index contributed by atoms with van der Waals surface area (Å²) in [6.45, 7) is 2.20. The molecule has 1 aromatic rings. The van der Waals surface area contributed by atoms with Crippen LogP contribution in [-0.2, 0) is 0 Å². The van der Waals surface area contributed by atoms with Crippen molar-refractivity contribution in [2.24, 2.45) is 0 Å². The lowest BCUT2D eigenvalue weighted by molar-refractivity contribution is 0.361. The smallest absolute Gasteiger partial charge is 0.0380 e. The Balaban J connectivity index is 1.87. The Bertz CT molecular complexity index is 420. The minimum Gasteiger partial charge on any atom is -0.362 e. The summed E-state index contributed by atoms with van der Waals surface area (Å²) in [7, 11) is 2.15. The van der Waals surface area contributed by atoms with Gasteiger partial charge in [0.2, 0.25) is 0 Å². The highest BCUT2D eigenvalue weighted by atomic mass is 79.9. The summed E-state index contributed by atoms with van der Waals surface area (Å²) in [5.74, 6) is 0. The van der Waals surface area contributed by atoms with E-state index in [2.05, 4.69) is 57.5 Å². The largest absolute Gasteiger partial charge is 0.362 e. The molecular weight excluding hydrogens is 276 g/mol. The van der Waals surface area contributed by atoms with Gasteiger partial charge in [-0.05, 0) is 49.4 Å². The SMILES string of the molecule is CN1CC=C(/C=C/Nc2ccc(Br)cc2)CC1. The molecule has 0 aromatic heterocycles. The molecule has 2 rings (SSSR count). The maximum atomic E-state index is 3.42. The van der Waals surface area contributed by atoms with E-state index in [0.29, 0.717) is 0 Å². The Labute approximate surface area is 111 Å². The van der Waals surface area contributed by atoms with Gasteiger partial charge in [0.1, 0.15) is 0 Å². The van der Waals surface area contributed by atoms with Crippen LogP contribution in [0, 0.1) is 0 Å². The molecule has 2 nitrogen and oxygen atoms in total. The van der Waals surface area contributed by atoms with Crippen LogP contribution < -0.4 is 5.32 Å². The molecule has 1 N–H and O–H groups in total. The van der Waals surface area contributed by atoms with Crippen LogP contribution in [-0.4, -0.2) is 25.0 Å². The first-order valence-corrected chi connectivity index (χ1v) is 6.59. The molecule has 0 bridgehead atoms. The van der Waals surface area contributed by atoms with Crippen molar-refractivity contribution in [2.75, 3.05) is 25.5 Å². The summed E-state index contributed by atoms with van der Waals surface area (Å²) in [6.07, 6.45) is 7.59. The van der Waals surface area contributed by atoms with E-state index in [1.54, 1.807) is 0 Å². The summed E-state index contributed by atoms with van der Waals surface area (Å²) in [6, 6.07) is 8.17. The van der Waals surface area contributed by atoms with Crippen LogP contribution in [0.15, 0.2) is 52.7 Å². The number of benzene rings is 1. The normalized spacial score (nSPS) is 17.2. The van der Waals surface area contributed by atoms with Crippen molar-refractivity contribution in [2.45, 2.75) is 6.42 Å². The van der Waals surface area contributed by atoms with Crippen molar-refractivity contribution in [3.8, 4) is 0 Å². The fourth-order valence-electron chi connectivity index (χ4n) is 1.73. The number of nitrogens with one attached hydrogen (secondary N) is 1. The lowest BCUT2D eigenvalue weighted by atomic mass is 10.1. The van der Waals surface area contributed by atoms with Crippen LogP contribution in [0.4, 0.5) is 5.69 Å². The zero-order valence-corrected chi connectivity index (χ0v) is 11.6. The second-order valence-corrected chi connectivity index (χ2v) is 5.19. The number of nitrogens with zero attached hydrogens (tertiary/aromatic N) is 1. The van der Waals surface area contributed by atoms with Crippen LogP contribution in [0.5, 0.6) is 0 Å². The van der Waals surface area contributed by atoms with E-state index in [1.165, 1.54) is 5.57 Å². The molecule has 0 spiro atoms. The van der Waals surface area contributed by atoms with Crippen LogP contribution >= 0.6 is 15.9 Å². The molecule has 0 amide bonds. The van der Waals surface area contributed by atoms with Crippen molar-refractivity contribution >= 4 is 21.6 Å². The molecule has 0 saturated carbocycles. The molecule has 0 atom stereocenters. The number of anilines is 1. The number of rotatable bonds is 3. The molecule has 1 aliphatic heterocycles. The van der Waals surface area contributed by atoms with E-state index in [0.717, 1.165) is 29.7 Å². The number of hydrogen-bond acceptors (Lipinski definition) is 2. The summed E-state index contributed by atoms with van der Waals surface area (Å²) in [4.78, 5) is 2.32. The maximum Gasteiger partial charge on any atom is 0.0380 e. The Kier molecular flexibility index (Phi) is 4.40. The third kappa shape index (κ3) is 4.02. The maximum absolute atomic E-state index is 3.42. The predicted octanol–water partition coefficient (Wildman–Crippen LogP) is 3.64. The molecule has 1 aliphatic rings. The van der Waals surface area contributed by atoms with E-state index in [9.17, 15) is 0 Å². The molecule has 17 heavy (non-hydrogen) atoms. The lowest BCUT2D eigenvalue weighted by Crippen LogP contribution is -2.23. The highest BCUT2D eigenvalue weighted by Gasteiger charge is 2.04. The quantitative estimate of drug-likeness (QED) is 0.915. The van der Waals surface area contributed by atoms with Crippen LogP contribution in [0.1, 0.15) is 6.42 Å². The van der Waals surface area contributed by atoms with E-state index in [1.807, 2.05) is 18.3 Å². The average molecular weight is 293 g/mol. The fraction of sp³-hybridized carbons (Fsp3) is 0.286. The molecule has 0 unspecified atom stereocenters. The summed E-state index contributed by atoms with van der Waals surface area (Å²) < 4.78 is 1.10. The molecule has 1 aromatic carbocycles. The van der Waals surface area contributed by atoms with Crippen molar-refractivity contribution in [1.29, 1.82) is 0 Å². The standard InChI is InChI=1S/C14H17BrN2/c1-17-10-7-12(8-11-17)6-9-16-14-4-2-13(15)3-5-14/h2-7,9,16H,8,10-11H2,1H3/b9-6+. The van der Waals surface area contributed by atoms with Gasteiger partial charge in [-0.25, -0.2) is 0 Å². The van der Waals surface area contributed by atoms with E-state index < -0.39 is 0 Å². The van der Waals surface area contributed by atoms with Gasteiger partial charge in [0.05, 0.1) is 0 Å². The minimum absolute atomic E-state index is 1.05. The molecule has 1 heterocycles. The zero-order valence-electron chi connectivity index (χ0n) is 9.99. The molecule has 0 saturated heterocycles. The summed E-state index contributed by atoms with van der Waals surface area (Å²) >= 11 is 3.42. The van der Waals surface area contributed by atoms with Gasteiger partial charge in [0.15, 0.2) is 0 Å². The summed E-state index contributed by atoms with van der Waals surface area (Å²) in [5, 5.41) is 3.27. The second kappa shape index (κ2) is 6.03. The zero-order chi connectivity index (χ0) is 12.1. The third-order valence-electron chi connectivity index (χ3n) is 2.84. The van der Waals surface area contributed by atoms with Gasteiger partial charge in [-0.15, -0.1) is 0 Å². The Hall–Kier alpha value is -1.06. The number of halogens is 1. The van der Waals surface area contributed by atoms with Gasteiger partial charge in [-0.2, -0.15) is 0 Å². The minimum atomic E-state index is 1.05. The Morgan fingerprint density at radius 2 is 2.06 bits per heavy atom. The number of likely N-dealkylation sites (N-methyl/N-ethyl adjacent to an activating group) is 1. The summed E-state index contributed by atoms with van der Waals surface area (Å²) in [5.41, 5.74) is 2.52. The van der Waals surface area contributed by atoms with Crippen molar-refractivity contribution < 1.29 is 0 Å². The molecular formula is C14H17BrN2. The van der Waals surface area contributed by atoms with Gasteiger partial charge in [-0.1, -0.05) is 22.0 Å². The molecule has 3 heteroatoms. The molecule has 0 aliphatic carbocycles. The third-order valence-corrected chi connectivity index (χ3v) is 3.37. The van der Waals surface area contributed by atoms with Gasteiger partial charge < -0.3 is 10.2 Å². The molecule has 0 fully saturated rings. The van der Waals surface area contributed by atoms with Crippen LogP contribution in [0.3, 0.4) is 0 Å². The van der Waals surface area contributed by atoms with Crippen molar-refractivity contribution in [1.82, 2.24) is 4.90 Å². The lowest BCUT2D eigenvalue weighted by Gasteiger charge is -2.20. The van der Waals surface area contributed by atoms with Gasteiger partial charge >= 0.3 is 0 Å². The van der Waals surface area contributed by atoms with E-state index in [-0.39, 0.29) is 0 Å². The number of hydrogen-bond donors (Lipinski definition) is 1. The van der Waals surface area contributed by atoms with E-state index >= 15 is 0 Å². The monoisotopic (exact) mass is 292 g/mol. The van der Waals surface area contributed by atoms with E-state index in [4.69, 9.17) is 0 Å². The van der Waals surface area contributed by atoms with Gasteiger partial charge in [-0.3, -0.25) is 0 Å². The van der Waals surface area contributed by atoms with Gasteiger partial charge in [0.25, 0.3) is 0 Å². The molecule has 0 radical (unpaired) electrons. The van der Waals surface area contributed by atoms with Crippen LogP contribution in [0.2, 0.25) is 0 Å². The average Bonchev–Trinajstić information content (AvgIpc) is 2.34. The first-order chi connectivity index (χ1) is 8.24. The highest BCUT2D eigenvalue weighted by molar-refractivity contribution is 9.10.